The van der Waals surface area contributed by atoms with E-state index in [0.29, 0.717) is 49.1 Å². The van der Waals surface area contributed by atoms with E-state index in [9.17, 15) is 4.79 Å². The molecule has 0 spiro atoms. The molecule has 4 aromatic rings. The molecule has 0 radical (unpaired) electrons. The van der Waals surface area contributed by atoms with E-state index in [1.165, 1.54) is 16.6 Å². The molecular formula is C23H24N8O2. The topological polar surface area (TPSA) is 106 Å². The Morgan fingerprint density at radius 2 is 1.79 bits per heavy atom. The third-order valence-corrected chi connectivity index (χ3v) is 5.99. The fraction of sp³-hybridized carbons (Fsp3) is 0.304. The van der Waals surface area contributed by atoms with Crippen molar-refractivity contribution in [3.8, 4) is 17.1 Å². The van der Waals surface area contributed by atoms with Crippen LogP contribution in [0.25, 0.3) is 17.1 Å². The Balaban J connectivity index is 1.25. The van der Waals surface area contributed by atoms with Gasteiger partial charge in [-0.25, -0.2) is 0 Å². The number of carbonyl (C=O) groups is 1. The second kappa shape index (κ2) is 8.91. The molecule has 10 nitrogen and oxygen atoms in total. The third kappa shape index (κ3) is 4.24. The second-order valence-corrected chi connectivity index (χ2v) is 8.10. The highest BCUT2D eigenvalue weighted by molar-refractivity contribution is 5.97. The summed E-state index contributed by atoms with van der Waals surface area (Å²) in [7, 11) is 0. The average Bonchev–Trinajstić information content (AvgIpc) is 3.57. The number of tetrazole rings is 1. The van der Waals surface area contributed by atoms with Crippen molar-refractivity contribution in [2.45, 2.75) is 19.9 Å². The molecule has 0 saturated carbocycles. The highest BCUT2D eigenvalue weighted by Crippen LogP contribution is 2.24. The summed E-state index contributed by atoms with van der Waals surface area (Å²) in [6.45, 7) is 6.72. The number of hydrogen-bond donors (Lipinski definition) is 0. The molecule has 0 bridgehead atoms. The number of benzene rings is 2. The van der Waals surface area contributed by atoms with Gasteiger partial charge < -0.3 is 9.42 Å². The van der Waals surface area contributed by atoms with Crippen LogP contribution in [0, 0.1) is 6.92 Å². The van der Waals surface area contributed by atoms with Crippen molar-refractivity contribution >= 4 is 5.91 Å². The van der Waals surface area contributed by atoms with Crippen molar-refractivity contribution < 1.29 is 9.32 Å². The molecule has 1 aliphatic heterocycles. The minimum atomic E-state index is -0.0394. The summed E-state index contributed by atoms with van der Waals surface area (Å²) in [5.41, 5.74) is 3.35. The van der Waals surface area contributed by atoms with Crippen LogP contribution in [-0.2, 0) is 0 Å². The minimum Gasteiger partial charge on any atom is -0.337 e. The van der Waals surface area contributed by atoms with Gasteiger partial charge >= 0.3 is 0 Å². The maximum Gasteiger partial charge on any atom is 0.256 e. The molecule has 33 heavy (non-hydrogen) atoms. The molecule has 1 atom stereocenters. The van der Waals surface area contributed by atoms with Crippen molar-refractivity contribution in [2.75, 3.05) is 26.2 Å². The molecule has 0 N–H and O–H groups in total. The molecule has 0 aliphatic carbocycles. The zero-order chi connectivity index (χ0) is 22.8. The van der Waals surface area contributed by atoms with Gasteiger partial charge in [0.2, 0.25) is 11.7 Å². The van der Waals surface area contributed by atoms with Crippen LogP contribution in [0.4, 0.5) is 0 Å². The van der Waals surface area contributed by atoms with E-state index in [1.54, 1.807) is 6.07 Å². The van der Waals surface area contributed by atoms with Gasteiger partial charge in [-0.15, -0.1) is 5.10 Å². The van der Waals surface area contributed by atoms with Gasteiger partial charge in [0.15, 0.2) is 0 Å². The quantitative estimate of drug-likeness (QED) is 0.462. The minimum absolute atomic E-state index is 0.0344. The fourth-order valence-corrected chi connectivity index (χ4v) is 3.99. The molecule has 1 fully saturated rings. The van der Waals surface area contributed by atoms with E-state index in [-0.39, 0.29) is 11.9 Å². The van der Waals surface area contributed by atoms with E-state index in [4.69, 9.17) is 4.52 Å². The molecule has 1 saturated heterocycles. The maximum absolute atomic E-state index is 13.2. The number of nitrogens with zero attached hydrogens (tertiary/aromatic N) is 8. The van der Waals surface area contributed by atoms with Gasteiger partial charge in [0.1, 0.15) is 6.33 Å². The van der Waals surface area contributed by atoms with Crippen LogP contribution < -0.4 is 0 Å². The summed E-state index contributed by atoms with van der Waals surface area (Å²) in [5.74, 6) is 1.13. The SMILES string of the molecule is Cc1ccc(-c2noc(C(C)N3CCN(C(=O)c4ccccc4-n4cnnn4)CC3)n2)cc1. The summed E-state index contributed by atoms with van der Waals surface area (Å²) in [5, 5.41) is 15.4. The largest absolute Gasteiger partial charge is 0.337 e. The Labute approximate surface area is 190 Å². The normalized spacial score (nSPS) is 15.5. The fourth-order valence-electron chi connectivity index (χ4n) is 3.99. The number of piperazine rings is 1. The first-order chi connectivity index (χ1) is 16.1. The smallest absolute Gasteiger partial charge is 0.256 e. The van der Waals surface area contributed by atoms with Gasteiger partial charge in [-0.3, -0.25) is 9.69 Å². The summed E-state index contributed by atoms with van der Waals surface area (Å²) in [6, 6.07) is 15.4. The summed E-state index contributed by atoms with van der Waals surface area (Å²) in [4.78, 5) is 21.9. The van der Waals surface area contributed by atoms with Gasteiger partial charge in [-0.1, -0.05) is 47.1 Å². The molecular weight excluding hydrogens is 420 g/mol. The predicted molar refractivity (Wildman–Crippen MR) is 120 cm³/mol. The van der Waals surface area contributed by atoms with Gasteiger partial charge in [-0.05, 0) is 36.4 Å². The standard InChI is InChI=1S/C23H24N8O2/c1-16-7-9-18(10-8-16)21-25-22(33-26-21)17(2)29-11-13-30(14-12-29)23(32)19-5-3-4-6-20(19)31-15-24-27-28-31/h3-10,15,17H,11-14H2,1-2H3. The van der Waals surface area contributed by atoms with Crippen molar-refractivity contribution in [3.63, 3.8) is 0 Å². The van der Waals surface area contributed by atoms with E-state index in [1.807, 2.05) is 54.3 Å². The number of aromatic nitrogens is 6. The highest BCUT2D eigenvalue weighted by Gasteiger charge is 2.29. The molecule has 2 aromatic heterocycles. The zero-order valence-corrected chi connectivity index (χ0v) is 18.5. The van der Waals surface area contributed by atoms with Crippen LogP contribution >= 0.6 is 0 Å². The Bertz CT molecular complexity index is 1230. The molecule has 5 rings (SSSR count). The molecule has 168 valence electrons. The Hall–Kier alpha value is -3.92. The van der Waals surface area contributed by atoms with Crippen LogP contribution in [0.1, 0.15) is 34.8 Å². The molecule has 2 aromatic carbocycles. The summed E-state index contributed by atoms with van der Waals surface area (Å²) < 4.78 is 7.07. The Morgan fingerprint density at radius 3 is 2.52 bits per heavy atom. The van der Waals surface area contributed by atoms with Gasteiger partial charge in [0, 0.05) is 31.7 Å². The number of hydrogen-bond acceptors (Lipinski definition) is 8. The number of carbonyl (C=O) groups excluding carboxylic acids is 1. The van der Waals surface area contributed by atoms with Gasteiger partial charge in [0.25, 0.3) is 5.91 Å². The summed E-state index contributed by atoms with van der Waals surface area (Å²) >= 11 is 0. The lowest BCUT2D eigenvalue weighted by Gasteiger charge is -2.37. The van der Waals surface area contributed by atoms with Crippen molar-refractivity contribution in [1.82, 2.24) is 40.1 Å². The van der Waals surface area contributed by atoms with Crippen molar-refractivity contribution in [2.24, 2.45) is 0 Å². The average molecular weight is 444 g/mol. The lowest BCUT2D eigenvalue weighted by atomic mass is 10.1. The van der Waals surface area contributed by atoms with Crippen LogP contribution in [0.2, 0.25) is 0 Å². The van der Waals surface area contributed by atoms with E-state index >= 15 is 0 Å². The third-order valence-electron chi connectivity index (χ3n) is 5.99. The molecule has 10 heteroatoms. The molecule has 1 amide bonds. The summed E-state index contributed by atoms with van der Waals surface area (Å²) in [6.07, 6.45) is 1.49. The first-order valence-corrected chi connectivity index (χ1v) is 10.9. The first kappa shape index (κ1) is 21.0. The highest BCUT2D eigenvalue weighted by atomic mass is 16.5. The van der Waals surface area contributed by atoms with Crippen LogP contribution in [0.3, 0.4) is 0 Å². The van der Waals surface area contributed by atoms with E-state index in [0.717, 1.165) is 5.56 Å². The molecule has 1 aliphatic rings. The van der Waals surface area contributed by atoms with E-state index in [2.05, 4.69) is 37.5 Å². The molecule has 3 heterocycles. The zero-order valence-electron chi connectivity index (χ0n) is 18.5. The maximum atomic E-state index is 13.2. The Morgan fingerprint density at radius 1 is 1.03 bits per heavy atom. The molecule has 1 unspecified atom stereocenters. The van der Waals surface area contributed by atoms with Gasteiger partial charge in [0.05, 0.1) is 17.3 Å². The monoisotopic (exact) mass is 444 g/mol. The number of para-hydroxylation sites is 1. The Kier molecular flexibility index (Phi) is 5.66. The van der Waals surface area contributed by atoms with E-state index < -0.39 is 0 Å². The van der Waals surface area contributed by atoms with Gasteiger partial charge in [-0.2, -0.15) is 9.67 Å². The van der Waals surface area contributed by atoms with Crippen molar-refractivity contribution in [3.05, 3.63) is 71.9 Å². The first-order valence-electron chi connectivity index (χ1n) is 10.9. The van der Waals surface area contributed by atoms with Crippen LogP contribution in [0.15, 0.2) is 59.4 Å². The van der Waals surface area contributed by atoms with Crippen molar-refractivity contribution in [1.29, 1.82) is 0 Å². The predicted octanol–water partition coefficient (Wildman–Crippen LogP) is 2.54. The lowest BCUT2D eigenvalue weighted by Crippen LogP contribution is -2.49. The van der Waals surface area contributed by atoms with Crippen LogP contribution in [0.5, 0.6) is 0 Å². The number of rotatable bonds is 5. The number of aryl methyl sites for hydroxylation is 1. The van der Waals surface area contributed by atoms with Crippen LogP contribution in [-0.4, -0.2) is 72.2 Å². The number of amides is 1. The second-order valence-electron chi connectivity index (χ2n) is 8.10. The lowest BCUT2D eigenvalue weighted by molar-refractivity contribution is 0.0551.